The van der Waals surface area contributed by atoms with Crippen LogP contribution in [0.5, 0.6) is 0 Å². The van der Waals surface area contributed by atoms with Gasteiger partial charge in [0.2, 0.25) is 0 Å². The molecule has 21 heavy (non-hydrogen) atoms. The molecule has 1 aromatic carbocycles. The summed E-state index contributed by atoms with van der Waals surface area (Å²) < 4.78 is 0. The molecule has 1 heterocycles. The Morgan fingerprint density at radius 3 is 2.38 bits per heavy atom. The van der Waals surface area contributed by atoms with Crippen molar-refractivity contribution in [2.75, 3.05) is 25.4 Å². The van der Waals surface area contributed by atoms with Crippen molar-refractivity contribution >= 4 is 11.8 Å². The maximum atomic E-state index is 10.3. The second-order valence-corrected chi connectivity index (χ2v) is 7.62. The van der Waals surface area contributed by atoms with Gasteiger partial charge in [-0.1, -0.05) is 26.0 Å². The topological polar surface area (TPSA) is 23.5 Å². The first-order chi connectivity index (χ1) is 10.1. The summed E-state index contributed by atoms with van der Waals surface area (Å²) in [5.41, 5.74) is 1.06. The standard InChI is InChI=1S/C18H29NOS/c1-15(2)10-14-21-17-7-5-16(6-8-17)18(20)9-13-19-11-3-4-12-19/h5-8,15,18,20H,3-4,9-14H2,1-2H3. The molecule has 1 aromatic rings. The molecule has 0 bridgehead atoms. The summed E-state index contributed by atoms with van der Waals surface area (Å²) in [5.74, 6) is 1.94. The van der Waals surface area contributed by atoms with Crippen LogP contribution in [0.4, 0.5) is 0 Å². The number of hydrogen-bond donors (Lipinski definition) is 1. The largest absolute Gasteiger partial charge is 0.388 e. The van der Waals surface area contributed by atoms with E-state index >= 15 is 0 Å². The molecule has 0 radical (unpaired) electrons. The highest BCUT2D eigenvalue weighted by atomic mass is 32.2. The molecule has 1 saturated heterocycles. The maximum Gasteiger partial charge on any atom is 0.0802 e. The number of aliphatic hydroxyl groups excluding tert-OH is 1. The Morgan fingerprint density at radius 1 is 1.10 bits per heavy atom. The molecule has 0 spiro atoms. The van der Waals surface area contributed by atoms with Crippen molar-refractivity contribution in [1.82, 2.24) is 4.90 Å². The fraction of sp³-hybridized carbons (Fsp3) is 0.667. The van der Waals surface area contributed by atoms with Gasteiger partial charge in [-0.15, -0.1) is 11.8 Å². The van der Waals surface area contributed by atoms with Gasteiger partial charge < -0.3 is 10.0 Å². The fourth-order valence-electron chi connectivity index (χ4n) is 2.68. The van der Waals surface area contributed by atoms with Gasteiger partial charge in [0.05, 0.1) is 6.10 Å². The molecule has 1 aliphatic rings. The molecule has 3 heteroatoms. The van der Waals surface area contributed by atoms with E-state index in [1.807, 2.05) is 11.8 Å². The number of aliphatic hydroxyl groups is 1. The first-order valence-electron chi connectivity index (χ1n) is 8.28. The molecule has 1 aliphatic heterocycles. The lowest BCUT2D eigenvalue weighted by Crippen LogP contribution is -2.22. The second kappa shape index (κ2) is 8.82. The lowest BCUT2D eigenvalue weighted by Gasteiger charge is -2.17. The van der Waals surface area contributed by atoms with Gasteiger partial charge in [-0.05, 0) is 68.1 Å². The van der Waals surface area contributed by atoms with Crippen LogP contribution in [0, 0.1) is 5.92 Å². The van der Waals surface area contributed by atoms with Crippen LogP contribution >= 0.6 is 11.8 Å². The van der Waals surface area contributed by atoms with Crippen LogP contribution < -0.4 is 0 Å². The smallest absolute Gasteiger partial charge is 0.0802 e. The van der Waals surface area contributed by atoms with Gasteiger partial charge in [0.25, 0.3) is 0 Å². The zero-order chi connectivity index (χ0) is 15.1. The average Bonchev–Trinajstić information content (AvgIpc) is 2.98. The first kappa shape index (κ1) is 16.9. The molecule has 2 rings (SSSR count). The van der Waals surface area contributed by atoms with Crippen molar-refractivity contribution in [1.29, 1.82) is 0 Å². The summed E-state index contributed by atoms with van der Waals surface area (Å²) in [6.07, 6.45) is 4.42. The summed E-state index contributed by atoms with van der Waals surface area (Å²) in [4.78, 5) is 3.77. The maximum absolute atomic E-state index is 10.3. The molecule has 1 fully saturated rings. The van der Waals surface area contributed by atoms with Gasteiger partial charge in [-0.3, -0.25) is 0 Å². The van der Waals surface area contributed by atoms with E-state index in [9.17, 15) is 5.11 Å². The van der Waals surface area contributed by atoms with Gasteiger partial charge >= 0.3 is 0 Å². The highest BCUT2D eigenvalue weighted by Crippen LogP contribution is 2.24. The molecule has 2 nitrogen and oxygen atoms in total. The van der Waals surface area contributed by atoms with Crippen LogP contribution in [0.3, 0.4) is 0 Å². The normalized spacial score (nSPS) is 17.5. The number of thioether (sulfide) groups is 1. The van der Waals surface area contributed by atoms with Crippen molar-refractivity contribution in [3.8, 4) is 0 Å². The van der Waals surface area contributed by atoms with Gasteiger partial charge in [-0.2, -0.15) is 0 Å². The van der Waals surface area contributed by atoms with Crippen molar-refractivity contribution in [3.63, 3.8) is 0 Å². The zero-order valence-electron chi connectivity index (χ0n) is 13.4. The molecule has 0 saturated carbocycles. The number of likely N-dealkylation sites (tertiary alicyclic amines) is 1. The minimum atomic E-state index is -0.319. The third-order valence-electron chi connectivity index (χ3n) is 4.15. The van der Waals surface area contributed by atoms with E-state index in [4.69, 9.17) is 0 Å². The molecule has 0 amide bonds. The molecular weight excluding hydrogens is 278 g/mol. The lowest BCUT2D eigenvalue weighted by molar-refractivity contribution is 0.149. The predicted octanol–water partition coefficient (Wildman–Crippen LogP) is 4.34. The van der Waals surface area contributed by atoms with Crippen LogP contribution in [0.15, 0.2) is 29.2 Å². The molecule has 1 unspecified atom stereocenters. The van der Waals surface area contributed by atoms with Crippen molar-refractivity contribution < 1.29 is 5.11 Å². The van der Waals surface area contributed by atoms with Gasteiger partial charge in [-0.25, -0.2) is 0 Å². The van der Waals surface area contributed by atoms with Crippen LogP contribution in [0.1, 0.15) is 51.2 Å². The number of nitrogens with zero attached hydrogens (tertiary/aromatic N) is 1. The molecular formula is C18H29NOS. The van der Waals surface area contributed by atoms with E-state index < -0.39 is 0 Å². The monoisotopic (exact) mass is 307 g/mol. The number of hydrogen-bond acceptors (Lipinski definition) is 3. The highest BCUT2D eigenvalue weighted by molar-refractivity contribution is 7.99. The predicted molar refractivity (Wildman–Crippen MR) is 91.9 cm³/mol. The molecule has 118 valence electrons. The summed E-state index contributed by atoms with van der Waals surface area (Å²) >= 11 is 1.91. The van der Waals surface area contributed by atoms with E-state index in [-0.39, 0.29) is 6.10 Å². The Morgan fingerprint density at radius 2 is 1.76 bits per heavy atom. The summed E-state index contributed by atoms with van der Waals surface area (Å²) in [7, 11) is 0. The van der Waals surface area contributed by atoms with E-state index in [0.29, 0.717) is 0 Å². The third-order valence-corrected chi connectivity index (χ3v) is 5.19. The van der Waals surface area contributed by atoms with E-state index in [0.717, 1.165) is 24.4 Å². The van der Waals surface area contributed by atoms with Crippen LogP contribution in [-0.2, 0) is 0 Å². The van der Waals surface area contributed by atoms with Crippen molar-refractivity contribution in [2.45, 2.75) is 50.5 Å². The summed E-state index contributed by atoms with van der Waals surface area (Å²) in [5, 5.41) is 10.3. The van der Waals surface area contributed by atoms with Crippen LogP contribution in [0.2, 0.25) is 0 Å². The number of rotatable bonds is 8. The molecule has 0 aromatic heterocycles. The minimum absolute atomic E-state index is 0.319. The third kappa shape index (κ3) is 6.01. The SMILES string of the molecule is CC(C)CCSc1ccc(C(O)CCN2CCCC2)cc1. The highest BCUT2D eigenvalue weighted by Gasteiger charge is 2.14. The van der Waals surface area contributed by atoms with Gasteiger partial charge in [0.1, 0.15) is 0 Å². The Hall–Kier alpha value is -0.510. The van der Waals surface area contributed by atoms with Gasteiger partial charge in [0, 0.05) is 11.4 Å². The van der Waals surface area contributed by atoms with Gasteiger partial charge in [0.15, 0.2) is 0 Å². The van der Waals surface area contributed by atoms with Crippen molar-refractivity contribution in [3.05, 3.63) is 29.8 Å². The Balaban J connectivity index is 1.74. The summed E-state index contributed by atoms with van der Waals surface area (Å²) in [6.45, 7) is 7.96. The lowest BCUT2D eigenvalue weighted by atomic mass is 10.1. The summed E-state index contributed by atoms with van der Waals surface area (Å²) in [6, 6.07) is 8.48. The quantitative estimate of drug-likeness (QED) is 0.723. The van der Waals surface area contributed by atoms with E-state index in [1.54, 1.807) is 0 Å². The minimum Gasteiger partial charge on any atom is -0.388 e. The number of benzene rings is 1. The zero-order valence-corrected chi connectivity index (χ0v) is 14.2. The Kier molecular flexibility index (Phi) is 7.08. The Bertz CT molecular complexity index is 398. The van der Waals surface area contributed by atoms with E-state index in [2.05, 4.69) is 43.0 Å². The fourth-order valence-corrected chi connectivity index (χ4v) is 3.83. The average molecular weight is 308 g/mol. The molecule has 0 aliphatic carbocycles. The van der Waals surface area contributed by atoms with Crippen LogP contribution in [-0.4, -0.2) is 35.4 Å². The molecule has 1 atom stereocenters. The first-order valence-corrected chi connectivity index (χ1v) is 9.27. The van der Waals surface area contributed by atoms with E-state index in [1.165, 1.54) is 43.0 Å². The second-order valence-electron chi connectivity index (χ2n) is 6.45. The Labute approximate surface area is 133 Å². The van der Waals surface area contributed by atoms with Crippen molar-refractivity contribution in [2.24, 2.45) is 5.92 Å². The molecule has 1 N–H and O–H groups in total. The van der Waals surface area contributed by atoms with Crippen LogP contribution in [0.25, 0.3) is 0 Å².